The zero-order valence-electron chi connectivity index (χ0n) is 11.5. The second kappa shape index (κ2) is 5.97. The van der Waals surface area contributed by atoms with E-state index < -0.39 is 0 Å². The van der Waals surface area contributed by atoms with Gasteiger partial charge in [-0.2, -0.15) is 0 Å². The van der Waals surface area contributed by atoms with Crippen molar-refractivity contribution in [3.8, 4) is 0 Å². The molecule has 2 atom stereocenters. The summed E-state index contributed by atoms with van der Waals surface area (Å²) in [6.45, 7) is 5.35. The van der Waals surface area contributed by atoms with Crippen molar-refractivity contribution in [3.05, 3.63) is 35.1 Å². The van der Waals surface area contributed by atoms with Crippen molar-refractivity contribution in [2.45, 2.75) is 51.7 Å². The van der Waals surface area contributed by atoms with E-state index in [0.717, 1.165) is 12.1 Å². The van der Waals surface area contributed by atoms with Crippen molar-refractivity contribution in [1.29, 1.82) is 0 Å². The Bertz CT molecular complexity index is 465. The van der Waals surface area contributed by atoms with Gasteiger partial charge in [-0.05, 0) is 44.4 Å². The minimum absolute atomic E-state index is 0.124. The Labute approximate surface area is 119 Å². The number of halogens is 1. The van der Waals surface area contributed by atoms with E-state index >= 15 is 0 Å². The van der Waals surface area contributed by atoms with Gasteiger partial charge in [-0.15, -0.1) is 0 Å². The second-order valence-corrected chi connectivity index (χ2v) is 5.92. The van der Waals surface area contributed by atoms with Gasteiger partial charge in [0.05, 0.1) is 0 Å². The summed E-state index contributed by atoms with van der Waals surface area (Å²) < 4.78 is 13.6. The molecule has 0 unspecified atom stereocenters. The van der Waals surface area contributed by atoms with Gasteiger partial charge >= 0.3 is 0 Å². The lowest BCUT2D eigenvalue weighted by Gasteiger charge is -2.39. The standard InChI is InChI=1S/C15H21FN2S/c1-10-4-3-5-11(2)18(10)9-12-6-7-14(16)13(8-12)15(17)19/h6-8,10-11H,3-5,9H2,1-2H3,(H2,17,19)/t10-,11+. The summed E-state index contributed by atoms with van der Waals surface area (Å²) in [5.74, 6) is -0.337. The van der Waals surface area contributed by atoms with Crippen LogP contribution in [-0.2, 0) is 6.54 Å². The SMILES string of the molecule is C[C@@H]1CCC[C@H](C)N1Cc1ccc(F)c(C(N)=S)c1. The first-order valence-electron chi connectivity index (χ1n) is 6.83. The van der Waals surface area contributed by atoms with Crippen LogP contribution in [0.3, 0.4) is 0 Å². The van der Waals surface area contributed by atoms with E-state index in [2.05, 4.69) is 18.7 Å². The van der Waals surface area contributed by atoms with Gasteiger partial charge in [0.15, 0.2) is 0 Å². The van der Waals surface area contributed by atoms with Crippen LogP contribution in [0, 0.1) is 5.82 Å². The van der Waals surface area contributed by atoms with Crippen LogP contribution in [0.5, 0.6) is 0 Å². The molecule has 0 aliphatic carbocycles. The highest BCUT2D eigenvalue weighted by molar-refractivity contribution is 7.80. The van der Waals surface area contributed by atoms with Crippen LogP contribution < -0.4 is 5.73 Å². The predicted molar refractivity (Wildman–Crippen MR) is 80.6 cm³/mol. The quantitative estimate of drug-likeness (QED) is 0.862. The first-order chi connectivity index (χ1) is 8.99. The summed E-state index contributed by atoms with van der Waals surface area (Å²) in [5.41, 5.74) is 6.97. The smallest absolute Gasteiger partial charge is 0.133 e. The normalized spacial score (nSPS) is 24.4. The number of likely N-dealkylation sites (tertiary alicyclic amines) is 1. The van der Waals surface area contributed by atoms with Crippen LogP contribution in [0.25, 0.3) is 0 Å². The molecule has 1 aromatic rings. The summed E-state index contributed by atoms with van der Waals surface area (Å²) >= 11 is 4.88. The van der Waals surface area contributed by atoms with Gasteiger partial charge in [-0.25, -0.2) is 4.39 Å². The highest BCUT2D eigenvalue weighted by Gasteiger charge is 2.24. The fraction of sp³-hybridized carbons (Fsp3) is 0.533. The van der Waals surface area contributed by atoms with Gasteiger partial charge in [0.2, 0.25) is 0 Å². The minimum Gasteiger partial charge on any atom is -0.389 e. The largest absolute Gasteiger partial charge is 0.389 e. The number of rotatable bonds is 3. The van der Waals surface area contributed by atoms with Crippen LogP contribution in [0.1, 0.15) is 44.2 Å². The molecule has 1 heterocycles. The average Bonchev–Trinajstić information content (AvgIpc) is 2.35. The second-order valence-electron chi connectivity index (χ2n) is 5.48. The van der Waals surface area contributed by atoms with Crippen LogP contribution >= 0.6 is 12.2 Å². The van der Waals surface area contributed by atoms with Gasteiger partial charge in [-0.3, -0.25) is 4.90 Å². The van der Waals surface area contributed by atoms with Gasteiger partial charge in [0.25, 0.3) is 0 Å². The van der Waals surface area contributed by atoms with Crippen molar-refractivity contribution >= 4 is 17.2 Å². The Hall–Kier alpha value is -1.00. The first kappa shape index (κ1) is 14.4. The topological polar surface area (TPSA) is 29.3 Å². The van der Waals surface area contributed by atoms with Crippen molar-refractivity contribution < 1.29 is 4.39 Å². The molecule has 1 aliphatic heterocycles. The molecule has 0 saturated carbocycles. The number of nitrogens with two attached hydrogens (primary N) is 1. The molecular formula is C15H21FN2S. The van der Waals surface area contributed by atoms with Crippen LogP contribution in [-0.4, -0.2) is 22.0 Å². The maximum atomic E-state index is 13.6. The minimum atomic E-state index is -0.337. The zero-order chi connectivity index (χ0) is 14.0. The van der Waals surface area contributed by atoms with E-state index in [-0.39, 0.29) is 10.8 Å². The average molecular weight is 280 g/mol. The molecule has 1 aromatic carbocycles. The molecule has 2 nitrogen and oxygen atoms in total. The molecule has 0 radical (unpaired) electrons. The maximum Gasteiger partial charge on any atom is 0.133 e. The summed E-state index contributed by atoms with van der Waals surface area (Å²) in [6.07, 6.45) is 3.75. The third-order valence-electron chi connectivity index (χ3n) is 4.04. The monoisotopic (exact) mass is 280 g/mol. The summed E-state index contributed by atoms with van der Waals surface area (Å²) in [4.78, 5) is 2.60. The van der Waals surface area contributed by atoms with E-state index in [1.807, 2.05) is 6.07 Å². The molecule has 0 spiro atoms. The Morgan fingerprint density at radius 3 is 2.58 bits per heavy atom. The molecule has 4 heteroatoms. The number of hydrogen-bond donors (Lipinski definition) is 1. The Morgan fingerprint density at radius 2 is 2.00 bits per heavy atom. The van der Waals surface area contributed by atoms with E-state index in [1.54, 1.807) is 6.07 Å². The van der Waals surface area contributed by atoms with Gasteiger partial charge in [0, 0.05) is 24.2 Å². The highest BCUT2D eigenvalue weighted by Crippen LogP contribution is 2.25. The molecule has 2 N–H and O–H groups in total. The maximum absolute atomic E-state index is 13.6. The van der Waals surface area contributed by atoms with Crippen molar-refractivity contribution in [1.82, 2.24) is 4.90 Å². The number of nitrogens with zero attached hydrogens (tertiary/aromatic N) is 1. The fourth-order valence-electron chi connectivity index (χ4n) is 2.86. The number of benzene rings is 1. The molecule has 1 saturated heterocycles. The van der Waals surface area contributed by atoms with E-state index in [9.17, 15) is 4.39 Å². The molecular weight excluding hydrogens is 259 g/mol. The van der Waals surface area contributed by atoms with Crippen LogP contribution in [0.4, 0.5) is 4.39 Å². The van der Waals surface area contributed by atoms with Crippen molar-refractivity contribution in [2.24, 2.45) is 5.73 Å². The third kappa shape index (κ3) is 3.31. The van der Waals surface area contributed by atoms with E-state index in [4.69, 9.17) is 18.0 Å². The molecule has 0 amide bonds. The number of piperidine rings is 1. The summed E-state index contributed by atoms with van der Waals surface area (Å²) in [5, 5.41) is 0. The lowest BCUT2D eigenvalue weighted by Crippen LogP contribution is -2.43. The van der Waals surface area contributed by atoms with Crippen LogP contribution in [0.2, 0.25) is 0 Å². The number of thiocarbonyl (C=S) groups is 1. The van der Waals surface area contributed by atoms with Crippen molar-refractivity contribution in [2.75, 3.05) is 0 Å². The zero-order valence-corrected chi connectivity index (χ0v) is 12.3. The lowest BCUT2D eigenvalue weighted by atomic mass is 9.96. The number of hydrogen-bond acceptors (Lipinski definition) is 2. The van der Waals surface area contributed by atoms with Gasteiger partial charge in [-0.1, -0.05) is 24.7 Å². The van der Waals surface area contributed by atoms with Gasteiger partial charge in [0.1, 0.15) is 10.8 Å². The van der Waals surface area contributed by atoms with Crippen LogP contribution in [0.15, 0.2) is 18.2 Å². The predicted octanol–water partition coefficient (Wildman–Crippen LogP) is 3.22. The summed E-state index contributed by atoms with van der Waals surface area (Å²) in [6, 6.07) is 6.21. The lowest BCUT2D eigenvalue weighted by molar-refractivity contribution is 0.0952. The third-order valence-corrected chi connectivity index (χ3v) is 4.26. The Kier molecular flexibility index (Phi) is 4.53. The molecule has 0 aromatic heterocycles. The Morgan fingerprint density at radius 1 is 1.37 bits per heavy atom. The van der Waals surface area contributed by atoms with E-state index in [1.165, 1.54) is 25.3 Å². The molecule has 2 rings (SSSR count). The molecule has 1 aliphatic rings. The molecule has 104 valence electrons. The molecule has 0 bridgehead atoms. The Balaban J connectivity index is 2.18. The highest BCUT2D eigenvalue weighted by atomic mass is 32.1. The fourth-order valence-corrected chi connectivity index (χ4v) is 3.01. The van der Waals surface area contributed by atoms with Gasteiger partial charge < -0.3 is 5.73 Å². The molecule has 1 fully saturated rings. The van der Waals surface area contributed by atoms with E-state index in [0.29, 0.717) is 17.6 Å². The molecule has 19 heavy (non-hydrogen) atoms. The summed E-state index contributed by atoms with van der Waals surface area (Å²) in [7, 11) is 0. The first-order valence-corrected chi connectivity index (χ1v) is 7.24. The van der Waals surface area contributed by atoms with Crippen molar-refractivity contribution in [3.63, 3.8) is 0 Å².